The zero-order valence-corrected chi connectivity index (χ0v) is 15.6. The van der Waals surface area contributed by atoms with Crippen LogP contribution >= 0.6 is 0 Å². The van der Waals surface area contributed by atoms with E-state index in [2.05, 4.69) is 60.5 Å². The first-order chi connectivity index (χ1) is 12.0. The summed E-state index contributed by atoms with van der Waals surface area (Å²) in [6.45, 7) is 5.53. The van der Waals surface area contributed by atoms with Gasteiger partial charge >= 0.3 is 0 Å². The van der Waals surface area contributed by atoms with Crippen molar-refractivity contribution < 1.29 is 9.53 Å². The molecular formula is C20H29N3O2. The van der Waals surface area contributed by atoms with Gasteiger partial charge in [-0.25, -0.2) is 0 Å². The van der Waals surface area contributed by atoms with E-state index in [0.717, 1.165) is 6.42 Å². The molecular weight excluding hydrogens is 314 g/mol. The third-order valence-corrected chi connectivity index (χ3v) is 4.96. The number of nitrogens with one attached hydrogen (secondary N) is 2. The summed E-state index contributed by atoms with van der Waals surface area (Å²) < 4.78 is 7.21. The van der Waals surface area contributed by atoms with E-state index in [1.54, 1.807) is 7.11 Å². The standard InChI is InChI=1S/C20H29N3O2/c1-13(2)10-16-15-6-5-7-18-19(15)14(12-23(18)3)11-17(22-16)20(24)21-8-9-25-4/h5-7,12-13,16-17,22H,8-11H2,1-4H3,(H,21,24)/t16-,17-/m0/s1. The van der Waals surface area contributed by atoms with E-state index in [-0.39, 0.29) is 18.0 Å². The summed E-state index contributed by atoms with van der Waals surface area (Å²) in [6, 6.07) is 6.45. The quantitative estimate of drug-likeness (QED) is 0.793. The number of carbonyl (C=O) groups excluding carboxylic acids is 1. The van der Waals surface area contributed by atoms with Crippen LogP contribution in [0.1, 0.15) is 37.4 Å². The first-order valence-corrected chi connectivity index (χ1v) is 9.10. The highest BCUT2D eigenvalue weighted by Crippen LogP contribution is 2.35. The van der Waals surface area contributed by atoms with Crippen molar-refractivity contribution in [3.63, 3.8) is 0 Å². The van der Waals surface area contributed by atoms with Crippen LogP contribution in [0.25, 0.3) is 10.9 Å². The van der Waals surface area contributed by atoms with E-state index in [9.17, 15) is 4.79 Å². The van der Waals surface area contributed by atoms with E-state index in [1.165, 1.54) is 22.0 Å². The van der Waals surface area contributed by atoms with Gasteiger partial charge < -0.3 is 14.6 Å². The lowest BCUT2D eigenvalue weighted by Gasteiger charge is -2.25. The molecule has 0 saturated carbocycles. The molecule has 2 atom stereocenters. The fourth-order valence-corrected chi connectivity index (χ4v) is 3.86. The summed E-state index contributed by atoms with van der Waals surface area (Å²) in [4.78, 5) is 12.7. The second-order valence-corrected chi connectivity index (χ2v) is 7.40. The molecule has 1 aromatic carbocycles. The van der Waals surface area contributed by atoms with Crippen LogP contribution in [0.3, 0.4) is 0 Å². The van der Waals surface area contributed by atoms with Gasteiger partial charge in [0, 0.05) is 43.8 Å². The molecule has 2 aromatic rings. The molecule has 0 spiro atoms. The summed E-state index contributed by atoms with van der Waals surface area (Å²) in [6.07, 6.45) is 3.89. The minimum Gasteiger partial charge on any atom is -0.383 e. The molecule has 1 aliphatic rings. The molecule has 1 aromatic heterocycles. The fourth-order valence-electron chi connectivity index (χ4n) is 3.86. The van der Waals surface area contributed by atoms with Crippen LogP contribution in [0.5, 0.6) is 0 Å². The van der Waals surface area contributed by atoms with E-state index in [1.807, 2.05) is 0 Å². The lowest BCUT2D eigenvalue weighted by molar-refractivity contribution is -0.123. The van der Waals surface area contributed by atoms with E-state index in [0.29, 0.717) is 25.5 Å². The molecule has 136 valence electrons. The fraction of sp³-hybridized carbons (Fsp3) is 0.550. The van der Waals surface area contributed by atoms with Crippen molar-refractivity contribution in [3.05, 3.63) is 35.5 Å². The Morgan fingerprint density at radius 3 is 2.96 bits per heavy atom. The summed E-state index contributed by atoms with van der Waals surface area (Å²) in [5, 5.41) is 7.93. The zero-order chi connectivity index (χ0) is 18.0. The first-order valence-electron chi connectivity index (χ1n) is 9.10. The molecule has 5 heteroatoms. The first kappa shape index (κ1) is 18.0. The monoisotopic (exact) mass is 343 g/mol. The Morgan fingerprint density at radius 1 is 1.44 bits per heavy atom. The normalized spacial score (nSPS) is 20.0. The molecule has 1 amide bonds. The maximum absolute atomic E-state index is 12.7. The Balaban J connectivity index is 1.95. The molecule has 0 unspecified atom stereocenters. The second-order valence-electron chi connectivity index (χ2n) is 7.40. The SMILES string of the molecule is COCCNC(=O)[C@@H]1Cc2cn(C)c3cccc(c23)[C@H](CC(C)C)N1. The number of hydrogen-bond acceptors (Lipinski definition) is 3. The van der Waals surface area contributed by atoms with Gasteiger partial charge in [0.1, 0.15) is 0 Å². The highest BCUT2D eigenvalue weighted by Gasteiger charge is 2.30. The third-order valence-electron chi connectivity index (χ3n) is 4.96. The van der Waals surface area contributed by atoms with Crippen LogP contribution in [-0.2, 0) is 23.0 Å². The molecule has 1 aliphatic heterocycles. The van der Waals surface area contributed by atoms with Crippen molar-refractivity contribution in [2.75, 3.05) is 20.3 Å². The largest absolute Gasteiger partial charge is 0.383 e. The van der Waals surface area contributed by atoms with Crippen molar-refractivity contribution >= 4 is 16.8 Å². The molecule has 0 bridgehead atoms. The van der Waals surface area contributed by atoms with Crippen LogP contribution < -0.4 is 10.6 Å². The maximum atomic E-state index is 12.7. The number of carbonyl (C=O) groups is 1. The zero-order valence-electron chi connectivity index (χ0n) is 15.6. The van der Waals surface area contributed by atoms with Crippen LogP contribution in [0.15, 0.2) is 24.4 Å². The lowest BCUT2D eigenvalue weighted by Crippen LogP contribution is -2.47. The predicted molar refractivity (Wildman–Crippen MR) is 101 cm³/mol. The number of methoxy groups -OCH3 is 1. The van der Waals surface area contributed by atoms with E-state index in [4.69, 9.17) is 4.74 Å². The summed E-state index contributed by atoms with van der Waals surface area (Å²) in [5.41, 5.74) is 3.80. The number of amides is 1. The summed E-state index contributed by atoms with van der Waals surface area (Å²) in [7, 11) is 3.72. The lowest BCUT2D eigenvalue weighted by atomic mass is 9.94. The van der Waals surface area contributed by atoms with Crippen molar-refractivity contribution in [1.82, 2.24) is 15.2 Å². The predicted octanol–water partition coefficient (Wildman–Crippen LogP) is 2.54. The van der Waals surface area contributed by atoms with Gasteiger partial charge in [-0.1, -0.05) is 26.0 Å². The van der Waals surface area contributed by atoms with Crippen LogP contribution in [0.2, 0.25) is 0 Å². The minimum atomic E-state index is -0.224. The van der Waals surface area contributed by atoms with Crippen LogP contribution in [0.4, 0.5) is 0 Å². The minimum absolute atomic E-state index is 0.0515. The Hall–Kier alpha value is -1.85. The van der Waals surface area contributed by atoms with Gasteiger partial charge in [-0.2, -0.15) is 0 Å². The van der Waals surface area contributed by atoms with Crippen molar-refractivity contribution in [3.8, 4) is 0 Å². The number of aromatic nitrogens is 1. The average molecular weight is 343 g/mol. The highest BCUT2D eigenvalue weighted by molar-refractivity contribution is 5.90. The van der Waals surface area contributed by atoms with Crippen LogP contribution in [-0.4, -0.2) is 36.8 Å². The topological polar surface area (TPSA) is 55.3 Å². The Labute approximate surface area is 149 Å². The molecule has 0 saturated heterocycles. The average Bonchev–Trinajstić information content (AvgIpc) is 2.80. The van der Waals surface area contributed by atoms with E-state index >= 15 is 0 Å². The van der Waals surface area contributed by atoms with Crippen molar-refractivity contribution in [1.29, 1.82) is 0 Å². The van der Waals surface area contributed by atoms with Crippen LogP contribution in [0, 0.1) is 5.92 Å². The van der Waals surface area contributed by atoms with Gasteiger partial charge in [-0.15, -0.1) is 0 Å². The second kappa shape index (κ2) is 7.58. The number of nitrogens with zero attached hydrogens (tertiary/aromatic N) is 1. The van der Waals surface area contributed by atoms with Gasteiger partial charge in [0.05, 0.1) is 12.6 Å². The number of rotatable bonds is 6. The summed E-state index contributed by atoms with van der Waals surface area (Å²) >= 11 is 0. The molecule has 5 nitrogen and oxygen atoms in total. The smallest absolute Gasteiger partial charge is 0.237 e. The third kappa shape index (κ3) is 3.72. The van der Waals surface area contributed by atoms with Gasteiger partial charge in [0.15, 0.2) is 0 Å². The van der Waals surface area contributed by atoms with Gasteiger partial charge in [0.25, 0.3) is 0 Å². The molecule has 0 radical (unpaired) electrons. The Kier molecular flexibility index (Phi) is 5.45. The number of aryl methyl sites for hydroxylation is 1. The van der Waals surface area contributed by atoms with Crippen molar-refractivity contribution in [2.24, 2.45) is 13.0 Å². The van der Waals surface area contributed by atoms with Crippen molar-refractivity contribution in [2.45, 2.75) is 38.8 Å². The molecule has 0 aliphatic carbocycles. The summed E-state index contributed by atoms with van der Waals surface area (Å²) in [5.74, 6) is 0.603. The van der Waals surface area contributed by atoms with Gasteiger partial charge in [-0.3, -0.25) is 10.1 Å². The Morgan fingerprint density at radius 2 is 2.24 bits per heavy atom. The highest BCUT2D eigenvalue weighted by atomic mass is 16.5. The molecule has 25 heavy (non-hydrogen) atoms. The Bertz CT molecular complexity index is 751. The number of hydrogen-bond donors (Lipinski definition) is 2. The number of ether oxygens (including phenoxy) is 1. The molecule has 2 N–H and O–H groups in total. The molecule has 2 heterocycles. The van der Waals surface area contributed by atoms with Gasteiger partial charge in [-0.05, 0) is 36.0 Å². The number of benzene rings is 1. The molecule has 0 fully saturated rings. The maximum Gasteiger partial charge on any atom is 0.237 e. The van der Waals surface area contributed by atoms with E-state index < -0.39 is 0 Å². The van der Waals surface area contributed by atoms with Gasteiger partial charge in [0.2, 0.25) is 5.91 Å². The molecule has 3 rings (SSSR count).